The monoisotopic (exact) mass is 549 g/mol. The highest BCUT2D eigenvalue weighted by atomic mass is 16.9. The predicted octanol–water partition coefficient (Wildman–Crippen LogP) is -6.90. The topological polar surface area (TPSA) is 605 Å². The third-order valence-electron chi connectivity index (χ3n) is 0. The zero-order valence-electron chi connectivity index (χ0n) is 17.5. The SMILES string of the molecule is NC(N)=O.NC(N)=O.NC(N)=O.NC(N)=O.NC(N)=O.NC(N)=O.O=[N+]([O-])O.O=[N+]([O-])O.O=[N+]([O-])O. The number of urea groups is 6. The molecule has 0 saturated carbocycles. The number of carbonyl (C=O) groups is 6. The molecule has 30 nitrogen and oxygen atoms in total. The molecule has 27 N–H and O–H groups in total. The lowest BCUT2D eigenvalue weighted by molar-refractivity contribution is -0.742. The lowest BCUT2D eigenvalue weighted by Gasteiger charge is -1.62. The van der Waals surface area contributed by atoms with Gasteiger partial charge in [0.2, 0.25) is 0 Å². The van der Waals surface area contributed by atoms with Gasteiger partial charge in [-0.05, 0) is 0 Å². The fourth-order valence-electron chi connectivity index (χ4n) is 0. The molecule has 0 aromatic heterocycles. The van der Waals surface area contributed by atoms with E-state index in [1.807, 2.05) is 0 Å². The Hall–Kier alpha value is -6.78. The van der Waals surface area contributed by atoms with Gasteiger partial charge in [0.15, 0.2) is 0 Å². The molecule has 0 fully saturated rings. The molecular formula is C6H27N15O15. The molecule has 0 atom stereocenters. The molecule has 0 bridgehead atoms. The Morgan fingerprint density at radius 3 is 0.361 bits per heavy atom. The first-order valence-corrected chi connectivity index (χ1v) is 6.38. The predicted molar refractivity (Wildman–Crippen MR) is 109 cm³/mol. The van der Waals surface area contributed by atoms with Crippen LogP contribution in [-0.2, 0) is 0 Å². The third-order valence-corrected chi connectivity index (χ3v) is 0. The van der Waals surface area contributed by atoms with Gasteiger partial charge in [0.05, 0.1) is 0 Å². The van der Waals surface area contributed by atoms with E-state index in [1.54, 1.807) is 0 Å². The molecule has 216 valence electrons. The van der Waals surface area contributed by atoms with Gasteiger partial charge in [-0.15, -0.1) is 30.3 Å². The van der Waals surface area contributed by atoms with Crippen molar-refractivity contribution in [3.63, 3.8) is 0 Å². The number of primary amides is 12. The maximum Gasteiger partial charge on any atom is 0.309 e. The van der Waals surface area contributed by atoms with E-state index in [0.29, 0.717) is 0 Å². The van der Waals surface area contributed by atoms with Crippen molar-refractivity contribution in [2.45, 2.75) is 0 Å². The summed E-state index contributed by atoms with van der Waals surface area (Å²) in [4.78, 5) is 79.1. The minimum Gasteiger partial charge on any atom is -0.352 e. The Balaban J connectivity index is -0.0000000325. The number of hydrogen-bond donors (Lipinski definition) is 15. The average molecular weight is 549 g/mol. The molecule has 30 heteroatoms. The number of rotatable bonds is 0. The van der Waals surface area contributed by atoms with Gasteiger partial charge in [-0.1, -0.05) is 0 Å². The second kappa shape index (κ2) is 51.1. The number of nitrogens with zero attached hydrogens (tertiary/aromatic N) is 3. The summed E-state index contributed by atoms with van der Waals surface area (Å²) in [7, 11) is 0. The number of nitrogens with two attached hydrogens (primary N) is 12. The van der Waals surface area contributed by atoms with Crippen LogP contribution in [0.25, 0.3) is 0 Å². The van der Waals surface area contributed by atoms with E-state index in [-0.39, 0.29) is 0 Å². The smallest absolute Gasteiger partial charge is 0.309 e. The molecule has 0 saturated heterocycles. The highest BCUT2D eigenvalue weighted by Gasteiger charge is 1.66. The van der Waals surface area contributed by atoms with E-state index in [0.717, 1.165) is 0 Å². The van der Waals surface area contributed by atoms with Crippen molar-refractivity contribution < 1.29 is 59.6 Å². The van der Waals surface area contributed by atoms with Gasteiger partial charge in [-0.25, -0.2) is 28.8 Å². The third kappa shape index (κ3) is 407. The maximum atomic E-state index is 9.00. The molecule has 12 amide bonds. The van der Waals surface area contributed by atoms with Crippen molar-refractivity contribution in [1.29, 1.82) is 0 Å². The minimum absolute atomic E-state index is 0.833. The Morgan fingerprint density at radius 1 is 0.361 bits per heavy atom. The first-order chi connectivity index (χ1) is 15.6. The molecule has 0 aromatic carbocycles. The molecule has 0 aliphatic carbocycles. The van der Waals surface area contributed by atoms with Gasteiger partial charge >= 0.3 is 36.2 Å². The zero-order chi connectivity index (χ0) is 32.2. The van der Waals surface area contributed by atoms with Crippen molar-refractivity contribution in [3.8, 4) is 0 Å². The minimum atomic E-state index is -1.50. The van der Waals surface area contributed by atoms with Gasteiger partial charge < -0.3 is 84.4 Å². The molecule has 0 radical (unpaired) electrons. The number of carbonyl (C=O) groups excluding carboxylic acids is 6. The normalized spacial score (nSPS) is 6.00. The summed E-state index contributed by atoms with van der Waals surface area (Å²) >= 11 is 0. The summed E-state index contributed by atoms with van der Waals surface area (Å²) in [5, 5.41) is 40.9. The van der Waals surface area contributed by atoms with Crippen LogP contribution in [0.3, 0.4) is 0 Å². The van der Waals surface area contributed by atoms with Crippen molar-refractivity contribution >= 4 is 36.2 Å². The van der Waals surface area contributed by atoms with E-state index in [4.69, 9.17) is 74.7 Å². The number of hydrogen-bond acceptors (Lipinski definition) is 12. The Kier molecular flexibility index (Phi) is 80.9. The Morgan fingerprint density at radius 2 is 0.361 bits per heavy atom. The maximum absolute atomic E-state index is 9.00. The molecule has 0 aliphatic heterocycles. The lowest BCUT2D eigenvalue weighted by Crippen LogP contribution is -2.18. The van der Waals surface area contributed by atoms with Gasteiger partial charge in [0, 0.05) is 0 Å². The van der Waals surface area contributed by atoms with E-state index in [1.165, 1.54) is 0 Å². The molecule has 0 aliphatic rings. The molecule has 0 unspecified atom stereocenters. The summed E-state index contributed by atoms with van der Waals surface area (Å²) in [5.74, 6) is 0. The first kappa shape index (κ1) is 56.9. The highest BCUT2D eigenvalue weighted by molar-refractivity contribution is 5.70. The van der Waals surface area contributed by atoms with Crippen LogP contribution in [0.1, 0.15) is 0 Å². The fourth-order valence-corrected chi connectivity index (χ4v) is 0. The fraction of sp³-hybridized carbons (Fsp3) is 0. The van der Waals surface area contributed by atoms with Crippen LogP contribution < -0.4 is 68.8 Å². The zero-order valence-corrected chi connectivity index (χ0v) is 17.5. The summed E-state index contributed by atoms with van der Waals surface area (Å²) in [6.07, 6.45) is 0. The second-order valence-electron chi connectivity index (χ2n) is 3.13. The van der Waals surface area contributed by atoms with Crippen LogP contribution in [0, 0.1) is 30.3 Å². The quantitative estimate of drug-likeness (QED) is 0.0985. The van der Waals surface area contributed by atoms with Crippen LogP contribution in [0.2, 0.25) is 0 Å². The van der Waals surface area contributed by atoms with E-state index in [9.17, 15) is 0 Å². The largest absolute Gasteiger partial charge is 0.352 e. The molecule has 0 spiro atoms. The Labute approximate surface area is 196 Å². The van der Waals surface area contributed by atoms with E-state index >= 15 is 0 Å². The molecule has 0 rings (SSSR count). The van der Waals surface area contributed by atoms with Crippen molar-refractivity contribution in [1.82, 2.24) is 0 Å². The molecular weight excluding hydrogens is 522 g/mol. The molecule has 36 heavy (non-hydrogen) atoms. The van der Waals surface area contributed by atoms with Crippen molar-refractivity contribution in [2.75, 3.05) is 0 Å². The first-order valence-electron chi connectivity index (χ1n) is 6.38. The van der Waals surface area contributed by atoms with Gasteiger partial charge in [0.1, 0.15) is 0 Å². The molecule has 0 heterocycles. The van der Waals surface area contributed by atoms with E-state index in [2.05, 4.69) is 68.8 Å². The van der Waals surface area contributed by atoms with Crippen LogP contribution in [0.15, 0.2) is 0 Å². The number of amides is 12. The highest BCUT2D eigenvalue weighted by Crippen LogP contribution is 1.39. The lowest BCUT2D eigenvalue weighted by atomic mass is 11.2. The van der Waals surface area contributed by atoms with Crippen LogP contribution in [-0.4, -0.2) is 67.1 Å². The molecule has 0 aromatic rings. The summed E-state index contributed by atoms with van der Waals surface area (Å²) in [5.41, 5.74) is 51.0. The Bertz CT molecular complexity index is 432. The van der Waals surface area contributed by atoms with Crippen LogP contribution in [0.5, 0.6) is 0 Å². The summed E-state index contributed by atoms with van der Waals surface area (Å²) in [6, 6.07) is -5.00. The summed E-state index contributed by atoms with van der Waals surface area (Å²) in [6.45, 7) is 0. The van der Waals surface area contributed by atoms with Crippen molar-refractivity contribution in [3.05, 3.63) is 30.3 Å². The van der Waals surface area contributed by atoms with Gasteiger partial charge in [-0.2, -0.15) is 0 Å². The standard InChI is InChI=1S/6CH4N2O.3HNO3/c9*2-1(3)4/h6*(H4,2,3,4);3*(H,2,3,4). The van der Waals surface area contributed by atoms with Crippen molar-refractivity contribution in [2.24, 2.45) is 68.8 Å². The summed E-state index contributed by atoms with van der Waals surface area (Å²) < 4.78 is 0. The second-order valence-corrected chi connectivity index (χ2v) is 3.13. The van der Waals surface area contributed by atoms with Gasteiger partial charge in [0.25, 0.3) is 15.3 Å². The van der Waals surface area contributed by atoms with Crippen LogP contribution in [0.4, 0.5) is 28.8 Å². The van der Waals surface area contributed by atoms with Crippen LogP contribution >= 0.6 is 0 Å². The average Bonchev–Trinajstić information content (AvgIpc) is 2.39. The van der Waals surface area contributed by atoms with Gasteiger partial charge in [-0.3, -0.25) is 0 Å². The van der Waals surface area contributed by atoms with E-state index < -0.39 is 51.4 Å².